The quantitative estimate of drug-likeness (QED) is 0.695. The number of carbonyl (C=O) groups excluding carboxylic acids is 1. The van der Waals surface area contributed by atoms with Crippen molar-refractivity contribution in [3.05, 3.63) is 65.7 Å². The van der Waals surface area contributed by atoms with E-state index in [2.05, 4.69) is 10.3 Å². The number of hydrogen-bond donors (Lipinski definition) is 2. The van der Waals surface area contributed by atoms with Gasteiger partial charge in [0.25, 0.3) is 5.91 Å². The highest BCUT2D eigenvalue weighted by Crippen LogP contribution is 2.22. The fourth-order valence-electron chi connectivity index (χ4n) is 2.10. The Labute approximate surface area is 129 Å². The molecule has 1 unspecified atom stereocenters. The normalized spacial score (nSPS) is 17.1. The summed E-state index contributed by atoms with van der Waals surface area (Å²) in [6.07, 6.45) is -0.886. The summed E-state index contributed by atoms with van der Waals surface area (Å²) in [6, 6.07) is 17.3. The van der Waals surface area contributed by atoms with Crippen molar-refractivity contribution >= 4 is 17.3 Å². The van der Waals surface area contributed by atoms with Gasteiger partial charge < -0.3 is 28.0 Å². The number of halogens is 1. The number of para-hydroxylation sites is 1. The van der Waals surface area contributed by atoms with Crippen LogP contribution in [0, 0.1) is 0 Å². The van der Waals surface area contributed by atoms with Crippen LogP contribution in [0.3, 0.4) is 0 Å². The van der Waals surface area contributed by atoms with Crippen LogP contribution >= 0.6 is 0 Å². The first-order valence-corrected chi connectivity index (χ1v) is 6.05. The standard InChI is InChI=1S/C15H13N3O.BrH/c16-14-15(19)17-12-9-5-4-8-11(12)13(18-14)10-6-2-1-3-7-10;/h1-9,14H,16H2,(H,17,19);1H. The van der Waals surface area contributed by atoms with Gasteiger partial charge in [-0.2, -0.15) is 0 Å². The van der Waals surface area contributed by atoms with E-state index in [9.17, 15) is 4.79 Å². The van der Waals surface area contributed by atoms with Crippen LogP contribution in [0.25, 0.3) is 0 Å². The van der Waals surface area contributed by atoms with Crippen molar-refractivity contribution in [1.82, 2.24) is 0 Å². The summed E-state index contributed by atoms with van der Waals surface area (Å²) < 4.78 is 0. The second-order valence-electron chi connectivity index (χ2n) is 4.32. The van der Waals surface area contributed by atoms with Gasteiger partial charge in [-0.15, -0.1) is 0 Å². The molecule has 0 aliphatic carbocycles. The van der Waals surface area contributed by atoms with Crippen molar-refractivity contribution in [3.63, 3.8) is 0 Å². The van der Waals surface area contributed by atoms with Crippen LogP contribution in [0.5, 0.6) is 0 Å². The Morgan fingerprint density at radius 2 is 1.70 bits per heavy atom. The van der Waals surface area contributed by atoms with E-state index in [1.807, 2.05) is 54.6 Å². The van der Waals surface area contributed by atoms with Crippen LogP contribution in [0.15, 0.2) is 59.6 Å². The van der Waals surface area contributed by atoms with Crippen molar-refractivity contribution in [2.45, 2.75) is 6.17 Å². The van der Waals surface area contributed by atoms with Crippen molar-refractivity contribution in [2.24, 2.45) is 10.7 Å². The predicted molar refractivity (Wildman–Crippen MR) is 76.2 cm³/mol. The van der Waals surface area contributed by atoms with Gasteiger partial charge >= 0.3 is 1.43 Å². The molecule has 0 aromatic heterocycles. The number of rotatable bonds is 1. The lowest BCUT2D eigenvalue weighted by atomic mass is 10.0. The number of benzene rings is 2. The number of anilines is 1. The molecule has 1 atom stereocenters. The molecule has 3 N–H and O–H groups in total. The topological polar surface area (TPSA) is 67.5 Å². The third-order valence-corrected chi connectivity index (χ3v) is 3.02. The maximum absolute atomic E-state index is 11.8. The molecule has 1 aliphatic heterocycles. The molecule has 102 valence electrons. The fraction of sp³-hybridized carbons (Fsp3) is 0.0667. The highest BCUT2D eigenvalue weighted by molar-refractivity contribution is 6.19. The molecule has 0 saturated carbocycles. The number of benzodiazepines with no additional fused rings is 1. The molecule has 1 amide bonds. The Balaban J connectivity index is 0.00000110. The average Bonchev–Trinajstić information content (AvgIpc) is 2.58. The molecule has 20 heavy (non-hydrogen) atoms. The number of hydrogen-bond acceptors (Lipinski definition) is 3. The smallest absolute Gasteiger partial charge is 1.00 e. The van der Waals surface area contributed by atoms with E-state index in [1.54, 1.807) is 0 Å². The predicted octanol–water partition coefficient (Wildman–Crippen LogP) is -1.12. The van der Waals surface area contributed by atoms with Crippen LogP contribution in [0.4, 0.5) is 5.69 Å². The molecule has 2 aromatic carbocycles. The van der Waals surface area contributed by atoms with Gasteiger partial charge in [-0.05, 0) is 6.07 Å². The van der Waals surface area contributed by atoms with E-state index in [4.69, 9.17) is 5.73 Å². The molecule has 5 heteroatoms. The van der Waals surface area contributed by atoms with Gasteiger partial charge in [-0.25, -0.2) is 0 Å². The van der Waals surface area contributed by atoms with Crippen LogP contribution in [0.2, 0.25) is 0 Å². The van der Waals surface area contributed by atoms with Crippen LogP contribution in [-0.2, 0) is 4.79 Å². The minimum atomic E-state index is -0.886. The lowest BCUT2D eigenvalue weighted by Gasteiger charge is -2.09. The highest BCUT2D eigenvalue weighted by Gasteiger charge is 2.22. The van der Waals surface area contributed by atoms with Crippen molar-refractivity contribution in [2.75, 3.05) is 5.32 Å². The van der Waals surface area contributed by atoms with Crippen LogP contribution in [0.1, 0.15) is 12.6 Å². The summed E-state index contributed by atoms with van der Waals surface area (Å²) >= 11 is 0. The largest absolute Gasteiger partial charge is 1.00 e. The molecule has 0 saturated heterocycles. The number of aliphatic imine (C=N–C) groups is 1. The maximum Gasteiger partial charge on any atom is 1.00 e. The number of amides is 1. The molecular formula is C15H14BrN3O. The molecular weight excluding hydrogens is 318 g/mol. The van der Waals surface area contributed by atoms with E-state index < -0.39 is 6.17 Å². The summed E-state index contributed by atoms with van der Waals surface area (Å²) in [5.41, 5.74) is 9.09. The minimum Gasteiger partial charge on any atom is -1.00 e. The number of nitrogens with two attached hydrogens (primary N) is 1. The summed E-state index contributed by atoms with van der Waals surface area (Å²) in [4.78, 5) is 16.2. The van der Waals surface area contributed by atoms with E-state index in [0.29, 0.717) is 0 Å². The first-order valence-electron chi connectivity index (χ1n) is 6.05. The third-order valence-electron chi connectivity index (χ3n) is 3.02. The summed E-state index contributed by atoms with van der Waals surface area (Å²) in [5, 5.41) is 2.79. The molecule has 1 heterocycles. The maximum atomic E-state index is 11.8. The molecule has 0 fully saturated rings. The van der Waals surface area contributed by atoms with Gasteiger partial charge in [0.05, 0.1) is 11.4 Å². The Morgan fingerprint density at radius 1 is 1.05 bits per heavy atom. The number of fused-ring (bicyclic) bond motifs is 1. The van der Waals surface area contributed by atoms with Crippen molar-refractivity contribution < 1.29 is 23.2 Å². The number of nitrogens with zero attached hydrogens (tertiary/aromatic N) is 1. The zero-order valence-electron chi connectivity index (χ0n) is 11.6. The van der Waals surface area contributed by atoms with Crippen molar-refractivity contribution in [1.29, 1.82) is 0 Å². The SMILES string of the molecule is NC1N=C(c2ccccc2)c2ccccc2NC1=O.[Br-].[H+]. The minimum absolute atomic E-state index is 0. The van der Waals surface area contributed by atoms with E-state index in [-0.39, 0.29) is 24.3 Å². The third kappa shape index (κ3) is 2.64. The fourth-order valence-corrected chi connectivity index (χ4v) is 2.10. The van der Waals surface area contributed by atoms with Gasteiger partial charge in [-0.3, -0.25) is 9.79 Å². The van der Waals surface area contributed by atoms with Gasteiger partial charge in [0.2, 0.25) is 0 Å². The zero-order chi connectivity index (χ0) is 13.2. The molecule has 3 rings (SSSR count). The zero-order valence-corrected chi connectivity index (χ0v) is 12.2. The van der Waals surface area contributed by atoms with E-state index in [0.717, 1.165) is 22.5 Å². The van der Waals surface area contributed by atoms with Gasteiger partial charge in [0.15, 0.2) is 6.17 Å². The van der Waals surface area contributed by atoms with Crippen molar-refractivity contribution in [3.8, 4) is 0 Å². The van der Waals surface area contributed by atoms with Gasteiger partial charge in [0, 0.05) is 11.1 Å². The van der Waals surface area contributed by atoms with Gasteiger partial charge in [0.1, 0.15) is 0 Å². The first-order chi connectivity index (χ1) is 9.25. The molecule has 0 radical (unpaired) electrons. The Bertz CT molecular complexity index is 661. The molecule has 4 nitrogen and oxygen atoms in total. The van der Waals surface area contributed by atoms with Crippen LogP contribution in [-0.4, -0.2) is 17.8 Å². The molecule has 0 bridgehead atoms. The second-order valence-corrected chi connectivity index (χ2v) is 4.32. The first kappa shape index (κ1) is 14.4. The van der Waals surface area contributed by atoms with Gasteiger partial charge in [-0.1, -0.05) is 48.5 Å². The Kier molecular flexibility index (Phi) is 4.32. The highest BCUT2D eigenvalue weighted by atomic mass is 79.9. The average molecular weight is 332 g/mol. The summed E-state index contributed by atoms with van der Waals surface area (Å²) in [6.45, 7) is 0. The lowest BCUT2D eigenvalue weighted by molar-refractivity contribution is -0.117. The summed E-state index contributed by atoms with van der Waals surface area (Å²) in [7, 11) is 0. The Hall–Kier alpha value is -1.98. The van der Waals surface area contributed by atoms with Crippen LogP contribution < -0.4 is 28.0 Å². The molecule has 2 aromatic rings. The lowest BCUT2D eigenvalue weighted by Crippen LogP contribution is -3.00. The Morgan fingerprint density at radius 3 is 2.45 bits per heavy atom. The molecule has 1 aliphatic rings. The summed E-state index contributed by atoms with van der Waals surface area (Å²) in [5.74, 6) is -0.293. The second kappa shape index (κ2) is 5.98. The monoisotopic (exact) mass is 331 g/mol. The number of nitrogens with one attached hydrogen (secondary N) is 1. The van der Waals surface area contributed by atoms with E-state index in [1.165, 1.54) is 0 Å². The number of carbonyl (C=O) groups is 1. The molecule has 0 spiro atoms. The van der Waals surface area contributed by atoms with E-state index >= 15 is 0 Å².